The van der Waals surface area contributed by atoms with Crippen molar-refractivity contribution in [3.63, 3.8) is 0 Å². The molecule has 0 aromatic heterocycles. The van der Waals surface area contributed by atoms with Crippen molar-refractivity contribution in [3.8, 4) is 17.2 Å². The molecule has 0 amide bonds. The molecule has 0 aliphatic heterocycles. The molecule has 0 radical (unpaired) electrons. The summed E-state index contributed by atoms with van der Waals surface area (Å²) in [5.41, 5.74) is 0.412. The number of hydrogen-bond donors (Lipinski definition) is 0. The molecule has 4 fully saturated rings. The molecule has 2 unspecified atom stereocenters. The Morgan fingerprint density at radius 3 is 2.11 bits per heavy atom. The SMILES string of the molecule is COc1cc(COC(=O)C23C[C@@H]4C[C@@H](CC(Cl)(C4)C2)C3)cc(OC)c1OC. The normalized spacial score (nSPS) is 33.6. The number of hydrogen-bond acceptors (Lipinski definition) is 5. The summed E-state index contributed by atoms with van der Waals surface area (Å²) in [6.45, 7) is 0.182. The number of esters is 1. The fourth-order valence-electron chi connectivity index (χ4n) is 5.91. The third kappa shape index (κ3) is 3.24. The quantitative estimate of drug-likeness (QED) is 0.530. The maximum Gasteiger partial charge on any atom is 0.312 e. The summed E-state index contributed by atoms with van der Waals surface area (Å²) in [7, 11) is 4.71. The number of alkyl halides is 1. The highest BCUT2D eigenvalue weighted by Crippen LogP contribution is 2.64. The summed E-state index contributed by atoms with van der Waals surface area (Å²) in [5.74, 6) is 2.67. The molecule has 5 rings (SSSR count). The van der Waals surface area contributed by atoms with E-state index < -0.39 is 5.41 Å². The molecule has 27 heavy (non-hydrogen) atoms. The summed E-state index contributed by atoms with van der Waals surface area (Å²) >= 11 is 6.84. The first-order valence-electron chi connectivity index (χ1n) is 9.55. The molecule has 0 N–H and O–H groups in total. The van der Waals surface area contributed by atoms with Crippen LogP contribution in [0.4, 0.5) is 0 Å². The Balaban J connectivity index is 1.50. The molecule has 4 saturated carbocycles. The van der Waals surface area contributed by atoms with Crippen LogP contribution in [0.1, 0.15) is 44.1 Å². The van der Waals surface area contributed by atoms with Crippen molar-refractivity contribution in [2.75, 3.05) is 21.3 Å². The van der Waals surface area contributed by atoms with Gasteiger partial charge in [-0.1, -0.05) is 0 Å². The second-order valence-corrected chi connectivity index (χ2v) is 9.30. The Morgan fingerprint density at radius 1 is 1.04 bits per heavy atom. The second kappa shape index (κ2) is 6.77. The van der Waals surface area contributed by atoms with Gasteiger partial charge in [-0.05, 0) is 68.1 Å². The zero-order valence-corrected chi connectivity index (χ0v) is 16.9. The van der Waals surface area contributed by atoms with E-state index in [2.05, 4.69) is 0 Å². The number of benzene rings is 1. The van der Waals surface area contributed by atoms with Crippen LogP contribution < -0.4 is 14.2 Å². The molecule has 5 nitrogen and oxygen atoms in total. The van der Waals surface area contributed by atoms with Crippen molar-refractivity contribution in [2.24, 2.45) is 17.3 Å². The first-order valence-corrected chi connectivity index (χ1v) is 9.93. The van der Waals surface area contributed by atoms with Gasteiger partial charge in [0.1, 0.15) is 6.61 Å². The first kappa shape index (κ1) is 18.7. The van der Waals surface area contributed by atoms with E-state index in [0.717, 1.165) is 37.7 Å². The van der Waals surface area contributed by atoms with Gasteiger partial charge in [0, 0.05) is 4.87 Å². The minimum Gasteiger partial charge on any atom is -0.493 e. The number of carbonyl (C=O) groups is 1. The van der Waals surface area contributed by atoms with E-state index in [4.69, 9.17) is 30.5 Å². The van der Waals surface area contributed by atoms with Gasteiger partial charge in [0.05, 0.1) is 26.7 Å². The fraction of sp³-hybridized carbons (Fsp3) is 0.667. The van der Waals surface area contributed by atoms with Crippen molar-refractivity contribution in [3.05, 3.63) is 17.7 Å². The van der Waals surface area contributed by atoms with Gasteiger partial charge >= 0.3 is 5.97 Å². The highest BCUT2D eigenvalue weighted by Gasteiger charge is 2.60. The van der Waals surface area contributed by atoms with Crippen LogP contribution in [0.5, 0.6) is 17.2 Å². The van der Waals surface area contributed by atoms with Crippen LogP contribution in [-0.4, -0.2) is 32.2 Å². The minimum atomic E-state index is -0.396. The van der Waals surface area contributed by atoms with E-state index in [1.54, 1.807) is 21.3 Å². The minimum absolute atomic E-state index is 0.102. The van der Waals surface area contributed by atoms with E-state index in [0.29, 0.717) is 29.1 Å². The van der Waals surface area contributed by atoms with E-state index in [-0.39, 0.29) is 17.5 Å². The largest absolute Gasteiger partial charge is 0.493 e. The van der Waals surface area contributed by atoms with Crippen LogP contribution in [0, 0.1) is 17.3 Å². The van der Waals surface area contributed by atoms with Crippen LogP contribution in [-0.2, 0) is 16.1 Å². The van der Waals surface area contributed by atoms with Gasteiger partial charge < -0.3 is 18.9 Å². The molecule has 0 saturated heterocycles. The summed E-state index contributed by atoms with van der Waals surface area (Å²) in [4.78, 5) is 12.9. The lowest BCUT2D eigenvalue weighted by atomic mass is 9.49. The molecule has 1 aromatic carbocycles. The lowest BCUT2D eigenvalue weighted by molar-refractivity contribution is -0.171. The highest BCUT2D eigenvalue weighted by atomic mass is 35.5. The van der Waals surface area contributed by atoms with Crippen LogP contribution in [0.15, 0.2) is 12.1 Å². The lowest BCUT2D eigenvalue weighted by Gasteiger charge is -2.58. The van der Waals surface area contributed by atoms with E-state index >= 15 is 0 Å². The van der Waals surface area contributed by atoms with E-state index in [1.807, 2.05) is 12.1 Å². The summed E-state index contributed by atoms with van der Waals surface area (Å²) in [6, 6.07) is 3.63. The molecule has 1 aromatic rings. The van der Waals surface area contributed by atoms with Gasteiger partial charge in [-0.2, -0.15) is 0 Å². The Kier molecular flexibility index (Phi) is 4.69. The molecule has 4 bridgehead atoms. The molecule has 0 spiro atoms. The Labute approximate surface area is 165 Å². The molecule has 148 valence electrons. The van der Waals surface area contributed by atoms with Crippen LogP contribution >= 0.6 is 11.6 Å². The number of rotatable bonds is 6. The second-order valence-electron chi connectivity index (χ2n) is 8.50. The summed E-state index contributed by atoms with van der Waals surface area (Å²) in [5, 5.41) is 0. The summed E-state index contributed by atoms with van der Waals surface area (Å²) in [6.07, 6.45) is 5.91. The zero-order valence-electron chi connectivity index (χ0n) is 16.2. The topological polar surface area (TPSA) is 54.0 Å². The molecule has 4 atom stereocenters. The van der Waals surface area contributed by atoms with Crippen molar-refractivity contribution in [1.29, 1.82) is 0 Å². The molecule has 4 aliphatic carbocycles. The molecule has 4 aliphatic rings. The van der Waals surface area contributed by atoms with E-state index in [9.17, 15) is 4.79 Å². The molecular weight excluding hydrogens is 368 g/mol. The van der Waals surface area contributed by atoms with Crippen LogP contribution in [0.25, 0.3) is 0 Å². The smallest absolute Gasteiger partial charge is 0.312 e. The Morgan fingerprint density at radius 2 is 1.63 bits per heavy atom. The third-order valence-electron chi connectivity index (χ3n) is 6.52. The van der Waals surface area contributed by atoms with Gasteiger partial charge in [0.2, 0.25) is 5.75 Å². The van der Waals surface area contributed by atoms with Crippen molar-refractivity contribution >= 4 is 17.6 Å². The van der Waals surface area contributed by atoms with E-state index in [1.165, 1.54) is 6.42 Å². The Hall–Kier alpha value is -1.62. The lowest BCUT2D eigenvalue weighted by Crippen LogP contribution is -2.56. The predicted molar refractivity (Wildman–Crippen MR) is 102 cm³/mol. The first-order chi connectivity index (χ1) is 12.9. The maximum absolute atomic E-state index is 13.1. The van der Waals surface area contributed by atoms with Crippen LogP contribution in [0.2, 0.25) is 0 Å². The number of ether oxygens (including phenoxy) is 4. The predicted octanol–water partition coefficient (Wildman–Crippen LogP) is 4.33. The fourth-order valence-corrected chi connectivity index (χ4v) is 6.60. The molecule has 0 heterocycles. The van der Waals surface area contributed by atoms with Gasteiger partial charge in [-0.3, -0.25) is 4.79 Å². The van der Waals surface area contributed by atoms with Gasteiger partial charge in [-0.25, -0.2) is 0 Å². The maximum atomic E-state index is 13.1. The molecular formula is C21H27ClO5. The van der Waals surface area contributed by atoms with Gasteiger partial charge in [0.15, 0.2) is 11.5 Å². The number of carbonyl (C=O) groups excluding carboxylic acids is 1. The van der Waals surface area contributed by atoms with Crippen molar-refractivity contribution in [2.45, 2.75) is 50.0 Å². The zero-order chi connectivity index (χ0) is 19.2. The highest BCUT2D eigenvalue weighted by molar-refractivity contribution is 6.24. The van der Waals surface area contributed by atoms with Crippen molar-refractivity contribution in [1.82, 2.24) is 0 Å². The average molecular weight is 395 g/mol. The monoisotopic (exact) mass is 394 g/mol. The average Bonchev–Trinajstić information content (AvgIpc) is 2.63. The standard InChI is InChI=1S/C21H27ClO5/c1-24-16-5-13(6-17(25-2)18(16)26-3)11-27-19(23)20-7-14-4-15(8-20)10-21(22,9-14)12-20/h5-6,14-15H,4,7-12H2,1-3H3/t14-,15+,20?,21?. The van der Waals surface area contributed by atoms with Gasteiger partial charge in [0.25, 0.3) is 0 Å². The molecule has 6 heteroatoms. The summed E-state index contributed by atoms with van der Waals surface area (Å²) < 4.78 is 21.9. The third-order valence-corrected chi connectivity index (χ3v) is 6.96. The number of methoxy groups -OCH3 is 3. The van der Waals surface area contributed by atoms with Crippen LogP contribution in [0.3, 0.4) is 0 Å². The Bertz CT molecular complexity index is 707. The van der Waals surface area contributed by atoms with Crippen molar-refractivity contribution < 1.29 is 23.7 Å². The number of halogens is 1. The van der Waals surface area contributed by atoms with Gasteiger partial charge in [-0.15, -0.1) is 11.6 Å².